The molecule has 3 rings (SSSR count). The van der Waals surface area contributed by atoms with Gasteiger partial charge < -0.3 is 20.9 Å². The molecule has 176 valence electrons. The van der Waals surface area contributed by atoms with Crippen molar-refractivity contribution in [3.8, 4) is 0 Å². The van der Waals surface area contributed by atoms with E-state index in [0.29, 0.717) is 17.9 Å². The highest BCUT2D eigenvalue weighted by Crippen LogP contribution is 2.27. The highest BCUT2D eigenvalue weighted by atomic mass is 16.6. The van der Waals surface area contributed by atoms with E-state index in [0.717, 1.165) is 60.5 Å². The van der Waals surface area contributed by atoms with E-state index in [1.807, 2.05) is 25.7 Å². The lowest BCUT2D eigenvalue weighted by molar-refractivity contribution is 0.0438. The number of primary amides is 1. The number of hydroxylamine groups is 1. The number of urea groups is 1. The number of hydrogen-bond acceptors (Lipinski definition) is 6. The number of allylic oxidation sites excluding steroid dienone is 1. The fraction of sp³-hybridized carbons (Fsp3) is 0.609. The highest BCUT2D eigenvalue weighted by Gasteiger charge is 2.23. The Hall–Kier alpha value is -2.81. The number of pyridine rings is 1. The Morgan fingerprint density at radius 3 is 2.62 bits per heavy atom. The third-order valence-corrected chi connectivity index (χ3v) is 6.25. The van der Waals surface area contributed by atoms with Gasteiger partial charge in [0.25, 0.3) is 0 Å². The Bertz CT molecular complexity index is 963. The van der Waals surface area contributed by atoms with Crippen LogP contribution in [0.5, 0.6) is 0 Å². The van der Waals surface area contributed by atoms with Crippen LogP contribution in [-0.2, 0) is 18.0 Å². The van der Waals surface area contributed by atoms with E-state index in [9.17, 15) is 4.79 Å². The first-order valence-electron chi connectivity index (χ1n) is 11.5. The summed E-state index contributed by atoms with van der Waals surface area (Å²) in [4.78, 5) is 28.6. The summed E-state index contributed by atoms with van der Waals surface area (Å²) in [6.07, 6.45) is 7.44. The first-order valence-corrected chi connectivity index (χ1v) is 11.5. The molecule has 1 aliphatic rings. The van der Waals surface area contributed by atoms with Crippen LogP contribution >= 0.6 is 0 Å². The van der Waals surface area contributed by atoms with Crippen molar-refractivity contribution >= 4 is 22.9 Å². The van der Waals surface area contributed by atoms with Gasteiger partial charge in [0.15, 0.2) is 5.82 Å². The van der Waals surface area contributed by atoms with Crippen molar-refractivity contribution < 1.29 is 9.63 Å². The minimum Gasteiger partial charge on any atom is -0.382 e. The van der Waals surface area contributed by atoms with Gasteiger partial charge in [-0.25, -0.2) is 14.8 Å². The van der Waals surface area contributed by atoms with E-state index in [4.69, 9.17) is 21.3 Å². The number of rotatable bonds is 10. The molecule has 32 heavy (non-hydrogen) atoms. The van der Waals surface area contributed by atoms with E-state index in [-0.39, 0.29) is 18.7 Å². The molecule has 2 aromatic heterocycles. The summed E-state index contributed by atoms with van der Waals surface area (Å²) in [5.41, 5.74) is 19.0. The predicted molar refractivity (Wildman–Crippen MR) is 127 cm³/mol. The van der Waals surface area contributed by atoms with Crippen LogP contribution in [0.2, 0.25) is 0 Å². The number of anilines is 1. The number of hydrogen-bond donors (Lipinski definition) is 3. The number of aryl methyl sites for hydroxylation is 3. The molecule has 0 bridgehead atoms. The van der Waals surface area contributed by atoms with Crippen molar-refractivity contribution in [3.05, 3.63) is 29.4 Å². The van der Waals surface area contributed by atoms with Crippen molar-refractivity contribution in [2.24, 2.45) is 5.73 Å². The Kier molecular flexibility index (Phi) is 7.95. The quantitative estimate of drug-likeness (QED) is 0.380. The maximum absolute atomic E-state index is 12.0. The molecule has 0 saturated heterocycles. The summed E-state index contributed by atoms with van der Waals surface area (Å²) >= 11 is 0. The fourth-order valence-corrected chi connectivity index (χ4v) is 4.54. The summed E-state index contributed by atoms with van der Waals surface area (Å²) in [5.74, 6) is 1.20. The second-order valence-electron chi connectivity index (χ2n) is 8.79. The number of carbonyl (C=O) groups is 1. The number of nitrogen functional groups attached to an aromatic ring is 1. The van der Waals surface area contributed by atoms with Gasteiger partial charge in [-0.3, -0.25) is 10.3 Å². The average molecular weight is 444 g/mol. The maximum Gasteiger partial charge on any atom is 0.315 e. The second kappa shape index (κ2) is 10.7. The molecular weight excluding hydrogens is 406 g/mol. The number of aromatic nitrogens is 3. The van der Waals surface area contributed by atoms with Crippen molar-refractivity contribution in [2.45, 2.75) is 84.9 Å². The largest absolute Gasteiger partial charge is 0.382 e. The summed E-state index contributed by atoms with van der Waals surface area (Å²) in [7, 11) is 0. The van der Waals surface area contributed by atoms with Gasteiger partial charge in [-0.1, -0.05) is 25.8 Å². The van der Waals surface area contributed by atoms with E-state index in [1.54, 1.807) is 0 Å². The van der Waals surface area contributed by atoms with Gasteiger partial charge in [-0.15, -0.1) is 0 Å². The third-order valence-electron chi connectivity index (χ3n) is 6.25. The topological polar surface area (TPSA) is 124 Å². The lowest BCUT2D eigenvalue weighted by Crippen LogP contribution is -2.45. The molecule has 0 atom stereocenters. The number of nitrogens with zero attached hydrogens (tertiary/aromatic N) is 4. The second-order valence-corrected chi connectivity index (χ2v) is 8.79. The molecule has 0 radical (unpaired) electrons. The standard InChI is InChI=1S/C23H37N7O2/c1-15(2)28-32-14-19-27-20-21(16(3)17(4)26-22(20)24)30(19)13-9-8-12-29(23(25)31)18-10-6-5-7-11-18/h18,28H,1,5-14H2,2-4H3,(H2,24,26)(H2,25,31). The molecule has 1 fully saturated rings. The average Bonchev–Trinajstić information content (AvgIpc) is 3.11. The van der Waals surface area contributed by atoms with Gasteiger partial charge in [-0.05, 0) is 52.0 Å². The van der Waals surface area contributed by atoms with E-state index in [2.05, 4.69) is 21.6 Å². The number of imidazole rings is 1. The molecule has 1 aliphatic carbocycles. The molecule has 2 heterocycles. The zero-order valence-electron chi connectivity index (χ0n) is 19.6. The van der Waals surface area contributed by atoms with Crippen LogP contribution in [0.25, 0.3) is 11.0 Å². The molecule has 9 nitrogen and oxygen atoms in total. The minimum atomic E-state index is -0.310. The summed E-state index contributed by atoms with van der Waals surface area (Å²) in [6.45, 7) is 11.3. The zero-order valence-corrected chi connectivity index (χ0v) is 19.6. The number of nitrogens with one attached hydrogen (secondary N) is 1. The lowest BCUT2D eigenvalue weighted by Gasteiger charge is -2.33. The van der Waals surface area contributed by atoms with Crippen LogP contribution < -0.4 is 16.9 Å². The van der Waals surface area contributed by atoms with E-state index < -0.39 is 0 Å². The molecule has 0 unspecified atom stereocenters. The third kappa shape index (κ3) is 5.51. The van der Waals surface area contributed by atoms with Crippen molar-refractivity contribution in [1.82, 2.24) is 24.9 Å². The molecule has 2 amide bonds. The summed E-state index contributed by atoms with van der Waals surface area (Å²) < 4.78 is 2.16. The molecule has 9 heteroatoms. The van der Waals surface area contributed by atoms with Crippen LogP contribution in [0.4, 0.5) is 10.6 Å². The predicted octanol–water partition coefficient (Wildman–Crippen LogP) is 3.68. The Labute approximate surface area is 190 Å². The first kappa shape index (κ1) is 23.8. The van der Waals surface area contributed by atoms with Gasteiger partial charge in [-0.2, -0.15) is 0 Å². The van der Waals surface area contributed by atoms with Crippen LogP contribution in [0.15, 0.2) is 12.3 Å². The monoisotopic (exact) mass is 443 g/mol. The van der Waals surface area contributed by atoms with Crippen LogP contribution in [0.3, 0.4) is 0 Å². The fourth-order valence-electron chi connectivity index (χ4n) is 4.54. The van der Waals surface area contributed by atoms with Crippen LogP contribution in [0.1, 0.15) is 69.0 Å². The van der Waals surface area contributed by atoms with Crippen LogP contribution in [-0.4, -0.2) is 38.1 Å². The molecule has 0 aromatic carbocycles. The van der Waals surface area contributed by atoms with Crippen molar-refractivity contribution in [2.75, 3.05) is 12.3 Å². The summed E-state index contributed by atoms with van der Waals surface area (Å²) in [5, 5.41) is 0. The Balaban J connectivity index is 1.74. The van der Waals surface area contributed by atoms with E-state index in [1.165, 1.54) is 19.3 Å². The van der Waals surface area contributed by atoms with Gasteiger partial charge in [0, 0.05) is 30.5 Å². The number of nitrogens with two attached hydrogens (primary N) is 2. The van der Waals surface area contributed by atoms with Crippen LogP contribution in [0, 0.1) is 13.8 Å². The maximum atomic E-state index is 12.0. The molecule has 1 saturated carbocycles. The number of unbranched alkanes of at least 4 members (excludes halogenated alkanes) is 1. The number of fused-ring (bicyclic) bond motifs is 1. The van der Waals surface area contributed by atoms with Crippen molar-refractivity contribution in [3.63, 3.8) is 0 Å². The minimum absolute atomic E-state index is 0.273. The number of amides is 2. The van der Waals surface area contributed by atoms with Crippen molar-refractivity contribution in [1.29, 1.82) is 0 Å². The van der Waals surface area contributed by atoms with Gasteiger partial charge in [0.1, 0.15) is 17.9 Å². The zero-order chi connectivity index (χ0) is 23.3. The molecule has 2 aromatic rings. The Morgan fingerprint density at radius 2 is 1.97 bits per heavy atom. The lowest BCUT2D eigenvalue weighted by atomic mass is 9.94. The van der Waals surface area contributed by atoms with Gasteiger partial charge in [0.2, 0.25) is 0 Å². The smallest absolute Gasteiger partial charge is 0.315 e. The van der Waals surface area contributed by atoms with Gasteiger partial charge in [0.05, 0.1) is 5.52 Å². The van der Waals surface area contributed by atoms with Gasteiger partial charge >= 0.3 is 6.03 Å². The molecule has 0 spiro atoms. The SMILES string of the molecule is C=C(C)NOCc1nc2c(N)nc(C)c(C)c2n1CCCCN(C(N)=O)C1CCCCC1. The van der Waals surface area contributed by atoms with E-state index >= 15 is 0 Å². The first-order chi connectivity index (χ1) is 15.3. The molecular formula is C23H37N7O2. The summed E-state index contributed by atoms with van der Waals surface area (Å²) in [6, 6.07) is -0.0291. The number of carbonyl (C=O) groups excluding carboxylic acids is 1. The molecule has 0 aliphatic heterocycles. The molecule has 5 N–H and O–H groups in total. The highest BCUT2D eigenvalue weighted by molar-refractivity contribution is 5.88. The normalized spacial score (nSPS) is 14.6. The Morgan fingerprint density at radius 1 is 1.25 bits per heavy atom.